The average molecular weight is 364 g/mol. The maximum Gasteiger partial charge on any atom is 1.00 e. The molecule has 4 nitrogen and oxygen atoms in total. The smallest absolute Gasteiger partial charge is 0.550 e. The fourth-order valence-electron chi connectivity index (χ4n) is 2.87. The van der Waals surface area contributed by atoms with Crippen LogP contribution in [0.25, 0.3) is 0 Å². The van der Waals surface area contributed by atoms with E-state index in [1.54, 1.807) is 7.05 Å². The molecule has 0 aromatic carbocycles. The van der Waals surface area contributed by atoms with Crippen LogP contribution in [0.3, 0.4) is 0 Å². The van der Waals surface area contributed by atoms with Crippen molar-refractivity contribution in [2.45, 2.75) is 103 Å². The standard InChI is InChI=1S/C20H39NO3.Na/c1-3-4-5-6-7-8-9-10-11-12-13-14-15-16-19(22)21(2)18-17-20(23)24;/h3-18H2,1-2H3,(H,23,24);/q;+1/p-1. The van der Waals surface area contributed by atoms with E-state index in [9.17, 15) is 14.7 Å². The average Bonchev–Trinajstić information content (AvgIpc) is 2.56. The number of hydrogen-bond acceptors (Lipinski definition) is 3. The van der Waals surface area contributed by atoms with E-state index in [2.05, 4.69) is 6.92 Å². The molecule has 0 aliphatic carbocycles. The molecule has 0 aromatic heterocycles. The zero-order valence-corrected chi connectivity index (χ0v) is 19.0. The summed E-state index contributed by atoms with van der Waals surface area (Å²) < 4.78 is 0. The quantitative estimate of drug-likeness (QED) is 0.287. The number of unbranched alkanes of at least 4 members (excludes halogenated alkanes) is 12. The molecule has 0 aromatic rings. The van der Waals surface area contributed by atoms with Gasteiger partial charge in [-0.3, -0.25) is 4.79 Å². The van der Waals surface area contributed by atoms with Gasteiger partial charge in [0.15, 0.2) is 0 Å². The molecule has 0 fully saturated rings. The molecule has 0 rings (SSSR count). The van der Waals surface area contributed by atoms with Gasteiger partial charge in [0.25, 0.3) is 0 Å². The molecule has 142 valence electrons. The molecule has 0 unspecified atom stereocenters. The minimum Gasteiger partial charge on any atom is -0.550 e. The molecular weight excluding hydrogens is 325 g/mol. The number of carboxylic acid groups (broad SMARTS) is 1. The van der Waals surface area contributed by atoms with E-state index >= 15 is 0 Å². The van der Waals surface area contributed by atoms with E-state index in [0.29, 0.717) is 6.42 Å². The van der Waals surface area contributed by atoms with E-state index < -0.39 is 5.97 Å². The Morgan fingerprint density at radius 3 is 1.52 bits per heavy atom. The summed E-state index contributed by atoms with van der Waals surface area (Å²) >= 11 is 0. The third-order valence-electron chi connectivity index (χ3n) is 4.57. The number of nitrogens with zero attached hydrogens (tertiary/aromatic N) is 1. The third kappa shape index (κ3) is 20.1. The Hall–Kier alpha value is -0.0600. The second-order valence-corrected chi connectivity index (χ2v) is 6.93. The number of hydrogen-bond donors (Lipinski definition) is 0. The molecule has 5 heteroatoms. The van der Waals surface area contributed by atoms with Crippen LogP contribution in [0.2, 0.25) is 0 Å². The second-order valence-electron chi connectivity index (χ2n) is 6.93. The van der Waals surface area contributed by atoms with Crippen molar-refractivity contribution in [1.82, 2.24) is 4.90 Å². The summed E-state index contributed by atoms with van der Waals surface area (Å²) in [7, 11) is 1.66. The van der Waals surface area contributed by atoms with Gasteiger partial charge in [-0.05, 0) is 6.42 Å². The number of carbonyl (C=O) groups excluding carboxylic acids is 2. The number of carbonyl (C=O) groups is 2. The maximum atomic E-state index is 11.8. The van der Waals surface area contributed by atoms with Crippen LogP contribution in [0, 0.1) is 0 Å². The second kappa shape index (κ2) is 20.3. The van der Waals surface area contributed by atoms with E-state index in [1.165, 1.54) is 75.5 Å². The van der Waals surface area contributed by atoms with Gasteiger partial charge < -0.3 is 14.8 Å². The van der Waals surface area contributed by atoms with Crippen molar-refractivity contribution in [2.24, 2.45) is 0 Å². The molecule has 25 heavy (non-hydrogen) atoms. The van der Waals surface area contributed by atoms with E-state index in [4.69, 9.17) is 0 Å². The fraction of sp³-hybridized carbons (Fsp3) is 0.900. The van der Waals surface area contributed by atoms with Crippen LogP contribution >= 0.6 is 0 Å². The summed E-state index contributed by atoms with van der Waals surface area (Å²) in [6, 6.07) is 0. The predicted octanol–water partition coefficient (Wildman–Crippen LogP) is 1.07. The topological polar surface area (TPSA) is 60.4 Å². The molecule has 0 radical (unpaired) electrons. The Bertz CT molecular complexity index is 324. The normalized spacial score (nSPS) is 10.3. The van der Waals surface area contributed by atoms with Crippen molar-refractivity contribution in [3.05, 3.63) is 0 Å². The summed E-state index contributed by atoms with van der Waals surface area (Å²) in [5.41, 5.74) is 0. The number of amides is 1. The van der Waals surface area contributed by atoms with Gasteiger partial charge in [0, 0.05) is 32.4 Å². The molecular formula is C20H38NNaO3. The molecule has 0 bridgehead atoms. The number of carboxylic acids is 1. The van der Waals surface area contributed by atoms with Crippen LogP contribution in [0.1, 0.15) is 103 Å². The molecule has 0 aliphatic rings. The maximum absolute atomic E-state index is 11.8. The van der Waals surface area contributed by atoms with E-state index in [0.717, 1.165) is 12.8 Å². The summed E-state index contributed by atoms with van der Waals surface area (Å²) in [4.78, 5) is 23.6. The van der Waals surface area contributed by atoms with Crippen molar-refractivity contribution in [3.63, 3.8) is 0 Å². The molecule has 0 atom stereocenters. The van der Waals surface area contributed by atoms with Gasteiger partial charge in [0.1, 0.15) is 0 Å². The Labute approximate surface area is 177 Å². The van der Waals surface area contributed by atoms with Crippen LogP contribution in [0.4, 0.5) is 0 Å². The van der Waals surface area contributed by atoms with Gasteiger partial charge in [0.2, 0.25) is 5.91 Å². The molecule has 0 saturated heterocycles. The fourth-order valence-corrected chi connectivity index (χ4v) is 2.87. The predicted molar refractivity (Wildman–Crippen MR) is 97.6 cm³/mol. The monoisotopic (exact) mass is 363 g/mol. The van der Waals surface area contributed by atoms with Crippen molar-refractivity contribution in [2.75, 3.05) is 13.6 Å². The SMILES string of the molecule is CCCCCCCCCCCCCCCC(=O)N(C)CCC(=O)[O-].[Na+]. The van der Waals surface area contributed by atoms with Gasteiger partial charge in [-0.15, -0.1) is 0 Å². The summed E-state index contributed by atoms with van der Waals surface area (Å²) in [6.07, 6.45) is 17.2. The van der Waals surface area contributed by atoms with E-state index in [1.807, 2.05) is 0 Å². The minimum atomic E-state index is -1.10. The van der Waals surface area contributed by atoms with Crippen LogP contribution in [-0.4, -0.2) is 30.4 Å². The van der Waals surface area contributed by atoms with Gasteiger partial charge >= 0.3 is 29.6 Å². The summed E-state index contributed by atoms with van der Waals surface area (Å²) in [6.45, 7) is 2.50. The molecule has 0 saturated carbocycles. The van der Waals surface area contributed by atoms with Crippen LogP contribution < -0.4 is 34.7 Å². The van der Waals surface area contributed by atoms with Crippen LogP contribution in [0.5, 0.6) is 0 Å². The molecule has 0 heterocycles. The first kappa shape index (κ1) is 27.2. The molecule has 1 amide bonds. The first-order valence-electron chi connectivity index (χ1n) is 10.0. The van der Waals surface area contributed by atoms with E-state index in [-0.39, 0.29) is 48.4 Å². The Kier molecular flexibility index (Phi) is 22.0. The summed E-state index contributed by atoms with van der Waals surface area (Å²) in [5.74, 6) is -1.06. The van der Waals surface area contributed by atoms with Crippen molar-refractivity contribution in [3.8, 4) is 0 Å². The number of rotatable bonds is 17. The largest absolute Gasteiger partial charge is 1.00 e. The first-order valence-corrected chi connectivity index (χ1v) is 10.0. The zero-order valence-electron chi connectivity index (χ0n) is 17.0. The Balaban J connectivity index is 0. The van der Waals surface area contributed by atoms with Crippen LogP contribution in [-0.2, 0) is 9.59 Å². The van der Waals surface area contributed by atoms with Gasteiger partial charge in [-0.25, -0.2) is 0 Å². The zero-order chi connectivity index (χ0) is 18.0. The molecule has 0 N–H and O–H groups in total. The van der Waals surface area contributed by atoms with Gasteiger partial charge in [-0.1, -0.05) is 84.0 Å². The van der Waals surface area contributed by atoms with Crippen molar-refractivity contribution >= 4 is 11.9 Å². The molecule has 0 aliphatic heterocycles. The Morgan fingerprint density at radius 1 is 0.720 bits per heavy atom. The number of aliphatic carboxylic acids is 1. The van der Waals surface area contributed by atoms with Crippen LogP contribution in [0.15, 0.2) is 0 Å². The van der Waals surface area contributed by atoms with Crippen molar-refractivity contribution < 1.29 is 44.3 Å². The Morgan fingerprint density at radius 2 is 1.12 bits per heavy atom. The summed E-state index contributed by atoms with van der Waals surface area (Å²) in [5, 5.41) is 10.4. The van der Waals surface area contributed by atoms with Gasteiger partial charge in [0.05, 0.1) is 0 Å². The third-order valence-corrected chi connectivity index (χ3v) is 4.57. The van der Waals surface area contributed by atoms with Gasteiger partial charge in [-0.2, -0.15) is 0 Å². The molecule has 0 spiro atoms. The van der Waals surface area contributed by atoms with Crippen molar-refractivity contribution in [1.29, 1.82) is 0 Å². The first-order chi connectivity index (χ1) is 11.6. The minimum absolute atomic E-state index is 0.